The molecular formula is C36H24Cl6N4. The number of rotatable bonds is 9. The lowest BCUT2D eigenvalue weighted by Crippen LogP contribution is -2.15. The van der Waals surface area contributed by atoms with Gasteiger partial charge in [0.2, 0.25) is 0 Å². The topological polar surface area (TPSA) is 39.3 Å². The third-order valence-electron chi connectivity index (χ3n) is 6.86. The molecule has 6 aromatic rings. The predicted octanol–water partition coefficient (Wildman–Crippen LogP) is 14.3. The molecule has 6 rings (SSSR count). The molecule has 6 aromatic carbocycles. The standard InChI is InChI=1S/C36H24Cl6N4/c37-22-13-23(38)17-28(16-22)43-31-7-1-4-10-34(31)46(35-11-5-2-8-32(35)44-29-18-24(39)14-25(40)19-29)36-12-6-3-9-33(36)45-30-20-26(41)15-27(42)21-30/h1-21,43-45H. The molecule has 0 amide bonds. The van der Waals surface area contributed by atoms with Crippen LogP contribution < -0.4 is 20.9 Å². The van der Waals surface area contributed by atoms with Crippen molar-refractivity contribution in [2.45, 2.75) is 0 Å². The van der Waals surface area contributed by atoms with E-state index in [1.54, 1.807) is 18.2 Å². The van der Waals surface area contributed by atoms with E-state index in [0.29, 0.717) is 30.1 Å². The van der Waals surface area contributed by atoms with Gasteiger partial charge in [-0.05, 0) is 91.0 Å². The van der Waals surface area contributed by atoms with Crippen molar-refractivity contribution in [2.24, 2.45) is 0 Å². The highest BCUT2D eigenvalue weighted by Crippen LogP contribution is 2.47. The second kappa shape index (κ2) is 14.4. The zero-order valence-electron chi connectivity index (χ0n) is 23.8. The van der Waals surface area contributed by atoms with Gasteiger partial charge in [-0.3, -0.25) is 0 Å². The molecule has 10 heteroatoms. The summed E-state index contributed by atoms with van der Waals surface area (Å²) in [6.07, 6.45) is 0. The van der Waals surface area contributed by atoms with Crippen molar-refractivity contribution >= 4 is 121 Å². The largest absolute Gasteiger partial charge is 0.354 e. The summed E-state index contributed by atoms with van der Waals surface area (Å²) < 4.78 is 0. The van der Waals surface area contributed by atoms with E-state index in [4.69, 9.17) is 69.6 Å². The van der Waals surface area contributed by atoms with Crippen molar-refractivity contribution in [3.8, 4) is 0 Å². The maximum atomic E-state index is 6.36. The van der Waals surface area contributed by atoms with Gasteiger partial charge in [0.1, 0.15) is 0 Å². The van der Waals surface area contributed by atoms with Crippen molar-refractivity contribution in [2.75, 3.05) is 20.9 Å². The molecular weight excluding hydrogens is 701 g/mol. The number of hydrogen-bond acceptors (Lipinski definition) is 4. The zero-order valence-corrected chi connectivity index (χ0v) is 28.4. The van der Waals surface area contributed by atoms with Crippen LogP contribution >= 0.6 is 69.6 Å². The highest BCUT2D eigenvalue weighted by Gasteiger charge is 2.22. The highest BCUT2D eigenvalue weighted by molar-refractivity contribution is 6.36. The van der Waals surface area contributed by atoms with Crippen LogP contribution in [0.1, 0.15) is 0 Å². The van der Waals surface area contributed by atoms with Crippen molar-refractivity contribution in [1.82, 2.24) is 0 Å². The Morgan fingerprint density at radius 2 is 0.565 bits per heavy atom. The summed E-state index contributed by atoms with van der Waals surface area (Å²) in [6.45, 7) is 0. The molecule has 0 heterocycles. The van der Waals surface area contributed by atoms with Crippen molar-refractivity contribution in [3.05, 3.63) is 158 Å². The van der Waals surface area contributed by atoms with Gasteiger partial charge < -0.3 is 20.9 Å². The lowest BCUT2D eigenvalue weighted by molar-refractivity contribution is 1.27. The minimum Gasteiger partial charge on any atom is -0.354 e. The predicted molar refractivity (Wildman–Crippen MR) is 200 cm³/mol. The summed E-state index contributed by atoms with van der Waals surface area (Å²) in [5, 5.41) is 13.7. The fraction of sp³-hybridized carbons (Fsp3) is 0. The van der Waals surface area contributed by atoms with Gasteiger partial charge >= 0.3 is 0 Å². The Labute approximate surface area is 297 Å². The third kappa shape index (κ3) is 7.79. The summed E-state index contributed by atoms with van der Waals surface area (Å²) in [4.78, 5) is 2.15. The van der Waals surface area contributed by atoms with Crippen LogP contribution in [0.2, 0.25) is 30.1 Å². The molecule has 46 heavy (non-hydrogen) atoms. The molecule has 0 saturated carbocycles. The Bertz CT molecular complexity index is 1740. The van der Waals surface area contributed by atoms with Gasteiger partial charge in [-0.1, -0.05) is 106 Å². The van der Waals surface area contributed by atoms with E-state index >= 15 is 0 Å². The van der Waals surface area contributed by atoms with Gasteiger partial charge in [0.15, 0.2) is 0 Å². The number of nitrogens with one attached hydrogen (secondary N) is 3. The van der Waals surface area contributed by atoms with Crippen LogP contribution in [0.3, 0.4) is 0 Å². The molecule has 4 nitrogen and oxygen atoms in total. The quantitative estimate of drug-likeness (QED) is 0.139. The summed E-state index contributed by atoms with van der Waals surface area (Å²) >= 11 is 38.2. The van der Waals surface area contributed by atoms with Crippen LogP contribution in [0.25, 0.3) is 0 Å². The minimum atomic E-state index is 0.522. The summed E-state index contributed by atoms with van der Waals surface area (Å²) in [7, 11) is 0. The summed E-state index contributed by atoms with van der Waals surface area (Å²) in [5.41, 5.74) is 7.17. The maximum Gasteiger partial charge on any atom is 0.0698 e. The van der Waals surface area contributed by atoms with E-state index in [1.807, 2.05) is 109 Å². The Balaban J connectivity index is 1.53. The van der Waals surface area contributed by atoms with Gasteiger partial charge in [0.25, 0.3) is 0 Å². The average Bonchev–Trinajstić information content (AvgIpc) is 2.98. The van der Waals surface area contributed by atoms with Gasteiger partial charge in [0.05, 0.1) is 34.1 Å². The minimum absolute atomic E-state index is 0.522. The van der Waals surface area contributed by atoms with Crippen LogP contribution in [-0.2, 0) is 0 Å². The van der Waals surface area contributed by atoms with E-state index in [1.165, 1.54) is 0 Å². The third-order valence-corrected chi connectivity index (χ3v) is 8.17. The second-order valence-electron chi connectivity index (χ2n) is 10.2. The molecule has 230 valence electrons. The first-order chi connectivity index (χ1) is 22.2. The van der Waals surface area contributed by atoms with E-state index in [9.17, 15) is 0 Å². The number of anilines is 9. The van der Waals surface area contributed by atoms with Crippen LogP contribution in [0.4, 0.5) is 51.2 Å². The Morgan fingerprint density at radius 1 is 0.326 bits per heavy atom. The van der Waals surface area contributed by atoms with Crippen LogP contribution in [0.15, 0.2) is 127 Å². The molecule has 0 aliphatic carbocycles. The highest BCUT2D eigenvalue weighted by atomic mass is 35.5. The number of nitrogens with zero attached hydrogens (tertiary/aromatic N) is 1. The fourth-order valence-corrected chi connectivity index (χ4v) is 6.63. The molecule has 0 unspecified atom stereocenters. The Morgan fingerprint density at radius 3 is 0.826 bits per heavy atom. The van der Waals surface area contributed by atoms with Crippen molar-refractivity contribution in [3.63, 3.8) is 0 Å². The van der Waals surface area contributed by atoms with E-state index < -0.39 is 0 Å². The first-order valence-electron chi connectivity index (χ1n) is 14.0. The molecule has 0 aromatic heterocycles. The first kappa shape index (κ1) is 32.2. The molecule has 0 spiro atoms. The van der Waals surface area contributed by atoms with Crippen molar-refractivity contribution < 1.29 is 0 Å². The average molecular weight is 725 g/mol. The number of para-hydroxylation sites is 6. The van der Waals surface area contributed by atoms with Crippen LogP contribution in [0.5, 0.6) is 0 Å². The smallest absolute Gasteiger partial charge is 0.0698 e. The second-order valence-corrected chi connectivity index (χ2v) is 12.9. The van der Waals surface area contributed by atoms with Crippen LogP contribution in [0, 0.1) is 0 Å². The molecule has 0 fully saturated rings. The normalized spacial score (nSPS) is 10.8. The molecule has 0 bridgehead atoms. The Hall–Kier alpha value is -3.74. The SMILES string of the molecule is Clc1cc(Cl)cc(Nc2ccccc2N(c2ccccc2Nc2cc(Cl)cc(Cl)c2)c2ccccc2Nc2cc(Cl)cc(Cl)c2)c1. The first-order valence-corrected chi connectivity index (χ1v) is 16.3. The molecule has 0 atom stereocenters. The number of halogens is 6. The lowest BCUT2D eigenvalue weighted by Gasteiger charge is -2.31. The van der Waals surface area contributed by atoms with Crippen molar-refractivity contribution in [1.29, 1.82) is 0 Å². The Kier molecular flexibility index (Phi) is 10.1. The molecule has 0 aliphatic rings. The van der Waals surface area contributed by atoms with Gasteiger partial charge in [-0.2, -0.15) is 0 Å². The fourth-order valence-electron chi connectivity index (χ4n) is 5.06. The van der Waals surface area contributed by atoms with E-state index in [2.05, 4.69) is 20.9 Å². The van der Waals surface area contributed by atoms with E-state index in [0.717, 1.165) is 51.2 Å². The van der Waals surface area contributed by atoms with Gasteiger partial charge in [-0.15, -0.1) is 0 Å². The maximum absolute atomic E-state index is 6.36. The number of hydrogen-bond donors (Lipinski definition) is 3. The van der Waals surface area contributed by atoms with Crippen LogP contribution in [-0.4, -0.2) is 0 Å². The molecule has 0 radical (unpaired) electrons. The van der Waals surface area contributed by atoms with E-state index in [-0.39, 0.29) is 0 Å². The monoisotopic (exact) mass is 722 g/mol. The molecule has 3 N–H and O–H groups in total. The van der Waals surface area contributed by atoms with Gasteiger partial charge in [-0.25, -0.2) is 0 Å². The number of benzene rings is 6. The van der Waals surface area contributed by atoms with Gasteiger partial charge in [0, 0.05) is 47.2 Å². The summed E-state index contributed by atoms with van der Waals surface area (Å²) in [6, 6.07) is 40.0. The lowest BCUT2D eigenvalue weighted by atomic mass is 10.1. The molecule has 0 saturated heterocycles. The molecule has 0 aliphatic heterocycles. The summed E-state index contributed by atoms with van der Waals surface area (Å²) in [5.74, 6) is 0. The zero-order chi connectivity index (χ0) is 32.2.